The molecule has 0 atom stereocenters. The Labute approximate surface area is 128 Å². The molecule has 21 heavy (non-hydrogen) atoms. The lowest BCUT2D eigenvalue weighted by molar-refractivity contribution is 0.241. The first-order valence-corrected chi connectivity index (χ1v) is 7.43. The van der Waals surface area contributed by atoms with Gasteiger partial charge in [-0.25, -0.2) is 0 Å². The Balaban J connectivity index is 2.72. The van der Waals surface area contributed by atoms with E-state index in [1.54, 1.807) is 0 Å². The van der Waals surface area contributed by atoms with Gasteiger partial charge in [0.05, 0.1) is 12.7 Å². The van der Waals surface area contributed by atoms with Gasteiger partial charge in [0.15, 0.2) is 0 Å². The van der Waals surface area contributed by atoms with Crippen molar-refractivity contribution >= 4 is 0 Å². The average molecular weight is 284 g/mol. The Morgan fingerprint density at radius 1 is 1.29 bits per heavy atom. The van der Waals surface area contributed by atoms with Crippen molar-refractivity contribution in [1.29, 1.82) is 5.26 Å². The van der Waals surface area contributed by atoms with Gasteiger partial charge in [0.2, 0.25) is 0 Å². The number of nitrogens with zero attached hydrogens (tertiary/aromatic N) is 2. The Hall–Kier alpha value is -1.81. The molecule has 0 aliphatic carbocycles. The number of rotatable bonds is 7. The van der Waals surface area contributed by atoms with Crippen LogP contribution in [0.3, 0.4) is 0 Å². The van der Waals surface area contributed by atoms with Crippen LogP contribution in [0.5, 0.6) is 0 Å². The van der Waals surface area contributed by atoms with Crippen LogP contribution in [0.15, 0.2) is 24.3 Å². The van der Waals surface area contributed by atoms with Crippen LogP contribution in [0.1, 0.15) is 37.8 Å². The van der Waals surface area contributed by atoms with Gasteiger partial charge < -0.3 is 5.11 Å². The molecule has 0 aliphatic rings. The average Bonchev–Trinajstić information content (AvgIpc) is 2.45. The molecule has 1 aromatic rings. The van der Waals surface area contributed by atoms with Crippen LogP contribution in [0.2, 0.25) is 0 Å². The molecule has 112 valence electrons. The Bertz CT molecular complexity index is 520. The van der Waals surface area contributed by atoms with Crippen molar-refractivity contribution < 1.29 is 5.11 Å². The second kappa shape index (κ2) is 10.00. The molecule has 0 radical (unpaired) electrons. The van der Waals surface area contributed by atoms with E-state index < -0.39 is 0 Å². The van der Waals surface area contributed by atoms with Crippen molar-refractivity contribution in [2.45, 2.75) is 33.2 Å². The minimum atomic E-state index is 0.100. The second-order valence-corrected chi connectivity index (χ2v) is 5.51. The normalized spacial score (nSPS) is 10.3. The van der Waals surface area contributed by atoms with Gasteiger partial charge >= 0.3 is 0 Å². The molecular formula is C18H24N2O. The summed E-state index contributed by atoms with van der Waals surface area (Å²) >= 11 is 0. The lowest BCUT2D eigenvalue weighted by Crippen LogP contribution is -2.28. The summed E-state index contributed by atoms with van der Waals surface area (Å²) in [5, 5.41) is 17.5. The molecule has 3 heteroatoms. The summed E-state index contributed by atoms with van der Waals surface area (Å²) in [6.45, 7) is 7.11. The molecule has 0 unspecified atom stereocenters. The molecule has 0 fully saturated rings. The van der Waals surface area contributed by atoms with Gasteiger partial charge in [0.25, 0.3) is 0 Å². The summed E-state index contributed by atoms with van der Waals surface area (Å²) in [7, 11) is 0. The summed E-state index contributed by atoms with van der Waals surface area (Å²) in [5.74, 6) is 6.58. The lowest BCUT2D eigenvalue weighted by atomic mass is 10.1. The van der Waals surface area contributed by atoms with E-state index in [2.05, 4.69) is 48.8 Å². The van der Waals surface area contributed by atoms with Crippen LogP contribution in [0.4, 0.5) is 0 Å². The monoisotopic (exact) mass is 284 g/mol. The number of hydrogen-bond acceptors (Lipinski definition) is 3. The van der Waals surface area contributed by atoms with Gasteiger partial charge in [0.1, 0.15) is 0 Å². The first kappa shape index (κ1) is 17.2. The van der Waals surface area contributed by atoms with Crippen LogP contribution in [0, 0.1) is 29.1 Å². The first-order chi connectivity index (χ1) is 10.2. The molecule has 0 aromatic heterocycles. The zero-order valence-electron chi connectivity index (χ0n) is 13.0. The quantitative estimate of drug-likeness (QED) is 0.783. The van der Waals surface area contributed by atoms with E-state index in [0.717, 1.165) is 25.2 Å². The molecular weight excluding hydrogens is 260 g/mol. The number of hydrogen-bond donors (Lipinski definition) is 1. The molecule has 3 nitrogen and oxygen atoms in total. The zero-order valence-corrected chi connectivity index (χ0v) is 13.0. The van der Waals surface area contributed by atoms with E-state index in [0.29, 0.717) is 18.8 Å². The molecule has 0 aliphatic heterocycles. The predicted molar refractivity (Wildman–Crippen MR) is 85.4 cm³/mol. The highest BCUT2D eigenvalue weighted by molar-refractivity contribution is 5.37. The van der Waals surface area contributed by atoms with E-state index >= 15 is 0 Å². The summed E-state index contributed by atoms with van der Waals surface area (Å²) in [4.78, 5) is 2.31. The van der Waals surface area contributed by atoms with Crippen LogP contribution >= 0.6 is 0 Å². The fourth-order valence-corrected chi connectivity index (χ4v) is 2.19. The molecule has 1 aromatic carbocycles. The maximum absolute atomic E-state index is 8.76. The number of nitriles is 1. The topological polar surface area (TPSA) is 47.3 Å². The van der Waals surface area contributed by atoms with Gasteiger partial charge in [-0.2, -0.15) is 5.26 Å². The fraction of sp³-hybridized carbons (Fsp3) is 0.500. The Morgan fingerprint density at radius 3 is 2.76 bits per heavy atom. The summed E-state index contributed by atoms with van der Waals surface area (Å²) in [5.41, 5.74) is 2.19. The fourth-order valence-electron chi connectivity index (χ4n) is 2.19. The molecule has 1 N–H and O–H groups in total. The molecule has 0 saturated carbocycles. The van der Waals surface area contributed by atoms with Crippen molar-refractivity contribution in [3.8, 4) is 17.9 Å². The largest absolute Gasteiger partial charge is 0.395 e. The lowest BCUT2D eigenvalue weighted by Gasteiger charge is -2.23. The van der Waals surface area contributed by atoms with Gasteiger partial charge in [-0.3, -0.25) is 4.90 Å². The maximum Gasteiger partial charge on any atom is 0.0635 e. The Morgan fingerprint density at radius 2 is 2.10 bits per heavy atom. The number of aliphatic hydroxyl groups excluding tert-OH is 1. The van der Waals surface area contributed by atoms with E-state index in [1.165, 1.54) is 5.56 Å². The standard InChI is InChI=1S/C18H24N2O/c1-16(2)14-20(11-6-10-19)15-18-9-5-8-17(13-18)7-3-4-12-21/h5,8-9,13,16,21H,4,6,11-12,14-15H2,1-2H3. The van der Waals surface area contributed by atoms with Crippen molar-refractivity contribution in [1.82, 2.24) is 4.90 Å². The SMILES string of the molecule is CC(C)CN(CCC#N)Cc1cccc(C#CCCO)c1. The van der Waals surface area contributed by atoms with Crippen LogP contribution in [-0.2, 0) is 6.54 Å². The third-order valence-corrected chi connectivity index (χ3v) is 2.97. The highest BCUT2D eigenvalue weighted by Crippen LogP contribution is 2.10. The van der Waals surface area contributed by atoms with Gasteiger partial charge in [-0.05, 0) is 23.6 Å². The van der Waals surface area contributed by atoms with E-state index in [1.807, 2.05) is 12.1 Å². The van der Waals surface area contributed by atoms with Crippen molar-refractivity contribution in [2.75, 3.05) is 19.7 Å². The molecule has 1 rings (SSSR count). The highest BCUT2D eigenvalue weighted by atomic mass is 16.2. The molecule has 0 bridgehead atoms. The zero-order chi connectivity index (χ0) is 15.5. The number of benzene rings is 1. The molecule has 0 amide bonds. The first-order valence-electron chi connectivity index (χ1n) is 7.43. The summed E-state index contributed by atoms with van der Waals surface area (Å²) in [6.07, 6.45) is 1.06. The van der Waals surface area contributed by atoms with E-state index in [9.17, 15) is 0 Å². The van der Waals surface area contributed by atoms with Crippen LogP contribution in [0.25, 0.3) is 0 Å². The van der Waals surface area contributed by atoms with Crippen molar-refractivity contribution in [3.63, 3.8) is 0 Å². The van der Waals surface area contributed by atoms with Gasteiger partial charge in [0, 0.05) is 38.0 Å². The van der Waals surface area contributed by atoms with Gasteiger partial charge in [-0.15, -0.1) is 0 Å². The second-order valence-electron chi connectivity index (χ2n) is 5.51. The van der Waals surface area contributed by atoms with E-state index in [4.69, 9.17) is 10.4 Å². The molecule has 0 heterocycles. The van der Waals surface area contributed by atoms with Crippen LogP contribution in [-0.4, -0.2) is 29.7 Å². The molecule has 0 spiro atoms. The van der Waals surface area contributed by atoms with Crippen molar-refractivity contribution in [2.24, 2.45) is 5.92 Å². The molecule has 0 saturated heterocycles. The minimum Gasteiger partial charge on any atom is -0.395 e. The summed E-state index contributed by atoms with van der Waals surface area (Å²) in [6, 6.07) is 10.4. The smallest absolute Gasteiger partial charge is 0.0635 e. The van der Waals surface area contributed by atoms with Crippen LogP contribution < -0.4 is 0 Å². The predicted octanol–water partition coefficient (Wildman–Crippen LogP) is 2.79. The Kier molecular flexibility index (Phi) is 8.21. The summed E-state index contributed by atoms with van der Waals surface area (Å²) < 4.78 is 0. The van der Waals surface area contributed by atoms with E-state index in [-0.39, 0.29) is 6.61 Å². The highest BCUT2D eigenvalue weighted by Gasteiger charge is 2.08. The number of aliphatic hydroxyl groups is 1. The third kappa shape index (κ3) is 7.51. The van der Waals surface area contributed by atoms with Crippen molar-refractivity contribution in [3.05, 3.63) is 35.4 Å². The minimum absolute atomic E-state index is 0.100. The third-order valence-electron chi connectivity index (χ3n) is 2.97. The maximum atomic E-state index is 8.76. The van der Waals surface area contributed by atoms with Gasteiger partial charge in [-0.1, -0.05) is 37.8 Å².